The maximum atomic E-state index is 12.5. The topological polar surface area (TPSA) is 107 Å². The molecule has 0 atom stereocenters. The van der Waals surface area contributed by atoms with Crippen LogP contribution in [0.4, 0.5) is 0 Å². The van der Waals surface area contributed by atoms with Gasteiger partial charge in [-0.1, -0.05) is 48.0 Å². The molecular formula is C18H12ClN5O2. The molecule has 0 radical (unpaired) electrons. The van der Waals surface area contributed by atoms with Crippen LogP contribution < -0.4 is 11.4 Å². The van der Waals surface area contributed by atoms with Gasteiger partial charge in [-0.05, 0) is 18.2 Å². The Morgan fingerprint density at radius 2 is 1.85 bits per heavy atom. The van der Waals surface area contributed by atoms with E-state index in [-0.39, 0.29) is 16.9 Å². The molecule has 7 nitrogen and oxygen atoms in total. The maximum absolute atomic E-state index is 12.5. The number of rotatable bonds is 3. The van der Waals surface area contributed by atoms with Crippen LogP contribution in [-0.2, 0) is 0 Å². The Hall–Kier alpha value is -3.45. The highest BCUT2D eigenvalue weighted by Crippen LogP contribution is 2.22. The smallest absolute Gasteiger partial charge is 0.332 e. The number of aromatic nitrogens is 4. The standard InChI is InChI=1S/C18H12ClN5O2/c19-11-7-4-8-12(9-11)24-17-14(22-18(24)26)13(15(20)25)21-16(23-17)10-5-2-1-3-6-10/h1-9H,(H2,20,25)(H,22,26). The van der Waals surface area contributed by atoms with Gasteiger partial charge in [0.25, 0.3) is 5.91 Å². The molecule has 8 heteroatoms. The number of carbonyl (C=O) groups is 1. The third kappa shape index (κ3) is 2.64. The Bertz CT molecular complexity index is 1200. The fourth-order valence-corrected chi connectivity index (χ4v) is 2.92. The highest BCUT2D eigenvalue weighted by atomic mass is 35.5. The van der Waals surface area contributed by atoms with E-state index >= 15 is 0 Å². The van der Waals surface area contributed by atoms with Crippen LogP contribution in [0.5, 0.6) is 0 Å². The number of hydrogen-bond donors (Lipinski definition) is 2. The summed E-state index contributed by atoms with van der Waals surface area (Å²) in [6.45, 7) is 0. The van der Waals surface area contributed by atoms with Gasteiger partial charge in [0.2, 0.25) is 0 Å². The normalized spacial score (nSPS) is 11.0. The molecule has 0 fully saturated rings. The molecule has 0 aliphatic rings. The van der Waals surface area contributed by atoms with E-state index in [2.05, 4.69) is 15.0 Å². The summed E-state index contributed by atoms with van der Waals surface area (Å²) in [7, 11) is 0. The van der Waals surface area contributed by atoms with Crippen molar-refractivity contribution in [1.29, 1.82) is 0 Å². The number of amides is 1. The monoisotopic (exact) mass is 365 g/mol. The van der Waals surface area contributed by atoms with Crippen LogP contribution in [0, 0.1) is 0 Å². The molecule has 2 aromatic heterocycles. The second-order valence-electron chi connectivity index (χ2n) is 5.57. The molecule has 4 aromatic rings. The highest BCUT2D eigenvalue weighted by Gasteiger charge is 2.20. The van der Waals surface area contributed by atoms with Gasteiger partial charge in [-0.15, -0.1) is 0 Å². The zero-order chi connectivity index (χ0) is 18.3. The Labute approximate surface area is 152 Å². The average Bonchev–Trinajstić information content (AvgIpc) is 2.97. The zero-order valence-electron chi connectivity index (χ0n) is 13.3. The molecular weight excluding hydrogens is 354 g/mol. The first-order valence-corrected chi connectivity index (χ1v) is 8.06. The molecule has 0 unspecified atom stereocenters. The summed E-state index contributed by atoms with van der Waals surface area (Å²) in [6.07, 6.45) is 0. The van der Waals surface area contributed by atoms with E-state index in [4.69, 9.17) is 17.3 Å². The Morgan fingerprint density at radius 1 is 1.08 bits per heavy atom. The average molecular weight is 366 g/mol. The van der Waals surface area contributed by atoms with E-state index in [0.717, 1.165) is 0 Å². The summed E-state index contributed by atoms with van der Waals surface area (Å²) in [5, 5.41) is 0.469. The molecule has 3 N–H and O–H groups in total. The number of nitrogens with two attached hydrogens (primary N) is 1. The van der Waals surface area contributed by atoms with Crippen LogP contribution in [0.2, 0.25) is 5.02 Å². The Morgan fingerprint density at radius 3 is 2.54 bits per heavy atom. The lowest BCUT2D eigenvalue weighted by atomic mass is 10.2. The Balaban J connectivity index is 2.08. The minimum Gasteiger partial charge on any atom is -0.364 e. The van der Waals surface area contributed by atoms with Gasteiger partial charge < -0.3 is 10.7 Å². The molecule has 0 bridgehead atoms. The molecule has 0 spiro atoms. The van der Waals surface area contributed by atoms with Crippen molar-refractivity contribution in [3.63, 3.8) is 0 Å². The number of carbonyl (C=O) groups excluding carboxylic acids is 1. The van der Waals surface area contributed by atoms with Gasteiger partial charge in [0, 0.05) is 10.6 Å². The van der Waals surface area contributed by atoms with Gasteiger partial charge in [-0.2, -0.15) is 0 Å². The van der Waals surface area contributed by atoms with Crippen LogP contribution in [0.15, 0.2) is 59.4 Å². The quantitative estimate of drug-likeness (QED) is 0.581. The van der Waals surface area contributed by atoms with E-state index in [9.17, 15) is 9.59 Å². The number of nitrogens with one attached hydrogen (secondary N) is 1. The van der Waals surface area contributed by atoms with Crippen molar-refractivity contribution >= 4 is 28.7 Å². The second kappa shape index (κ2) is 6.12. The van der Waals surface area contributed by atoms with Gasteiger partial charge >= 0.3 is 5.69 Å². The summed E-state index contributed by atoms with van der Waals surface area (Å²) in [6, 6.07) is 15.9. The van der Waals surface area contributed by atoms with Gasteiger partial charge in [-0.25, -0.2) is 19.3 Å². The van der Waals surface area contributed by atoms with Crippen molar-refractivity contribution in [2.75, 3.05) is 0 Å². The van der Waals surface area contributed by atoms with Gasteiger partial charge in [0.15, 0.2) is 17.2 Å². The third-order valence-electron chi connectivity index (χ3n) is 3.87. The zero-order valence-corrected chi connectivity index (χ0v) is 14.1. The first-order valence-electron chi connectivity index (χ1n) is 7.68. The molecule has 0 aliphatic carbocycles. The van der Waals surface area contributed by atoms with Crippen molar-refractivity contribution in [3.05, 3.63) is 75.8 Å². The molecule has 2 aromatic carbocycles. The van der Waals surface area contributed by atoms with Crippen molar-refractivity contribution in [1.82, 2.24) is 19.5 Å². The van der Waals surface area contributed by atoms with E-state index in [0.29, 0.717) is 22.1 Å². The summed E-state index contributed by atoms with van der Waals surface area (Å²) in [5.74, 6) is -0.462. The molecule has 0 saturated carbocycles. The van der Waals surface area contributed by atoms with Crippen LogP contribution >= 0.6 is 11.6 Å². The number of primary amides is 1. The molecule has 128 valence electrons. The van der Waals surface area contributed by atoms with Crippen molar-refractivity contribution in [2.45, 2.75) is 0 Å². The number of fused-ring (bicyclic) bond motifs is 1. The van der Waals surface area contributed by atoms with Crippen LogP contribution in [0.25, 0.3) is 28.2 Å². The second-order valence-corrected chi connectivity index (χ2v) is 6.01. The number of imidazole rings is 1. The SMILES string of the molecule is NC(=O)c1nc(-c2ccccc2)nc2c1[nH]c(=O)n2-c1cccc(Cl)c1. The lowest BCUT2D eigenvalue weighted by molar-refractivity contribution is 0.0997. The van der Waals surface area contributed by atoms with Crippen LogP contribution in [0.1, 0.15) is 10.5 Å². The number of halogens is 1. The number of benzene rings is 2. The minimum absolute atomic E-state index is 0.0493. The summed E-state index contributed by atoms with van der Waals surface area (Å²) in [4.78, 5) is 35.7. The molecule has 0 saturated heterocycles. The van der Waals surface area contributed by atoms with Crippen molar-refractivity contribution in [3.8, 4) is 17.1 Å². The predicted molar refractivity (Wildman–Crippen MR) is 98.4 cm³/mol. The lowest BCUT2D eigenvalue weighted by Gasteiger charge is -2.06. The fourth-order valence-electron chi connectivity index (χ4n) is 2.73. The van der Waals surface area contributed by atoms with E-state index in [1.165, 1.54) is 4.57 Å². The number of aromatic amines is 1. The number of hydrogen-bond acceptors (Lipinski definition) is 4. The molecule has 26 heavy (non-hydrogen) atoms. The van der Waals surface area contributed by atoms with E-state index in [1.807, 2.05) is 18.2 Å². The van der Waals surface area contributed by atoms with Crippen LogP contribution in [0.3, 0.4) is 0 Å². The van der Waals surface area contributed by atoms with Gasteiger partial charge in [0.05, 0.1) is 5.69 Å². The van der Waals surface area contributed by atoms with E-state index < -0.39 is 11.6 Å². The van der Waals surface area contributed by atoms with Crippen molar-refractivity contribution in [2.24, 2.45) is 5.73 Å². The number of nitrogens with zero attached hydrogens (tertiary/aromatic N) is 3. The molecule has 2 heterocycles. The summed E-state index contributed by atoms with van der Waals surface area (Å²) >= 11 is 6.04. The molecule has 1 amide bonds. The fraction of sp³-hybridized carbons (Fsp3) is 0. The number of H-pyrrole nitrogens is 1. The summed E-state index contributed by atoms with van der Waals surface area (Å²) in [5.41, 5.74) is 6.60. The van der Waals surface area contributed by atoms with Crippen LogP contribution in [-0.4, -0.2) is 25.4 Å². The Kier molecular flexibility index (Phi) is 3.78. The molecule has 0 aliphatic heterocycles. The minimum atomic E-state index is -0.755. The third-order valence-corrected chi connectivity index (χ3v) is 4.10. The molecule has 4 rings (SSSR count). The van der Waals surface area contributed by atoms with Gasteiger partial charge in [-0.3, -0.25) is 4.79 Å². The maximum Gasteiger partial charge on any atom is 0.332 e. The predicted octanol–water partition coefficient (Wildman–Crippen LogP) is 2.53. The first kappa shape index (κ1) is 16.0. The van der Waals surface area contributed by atoms with E-state index in [1.54, 1.807) is 36.4 Å². The lowest BCUT2D eigenvalue weighted by Crippen LogP contribution is -2.15. The first-order chi connectivity index (χ1) is 12.5. The van der Waals surface area contributed by atoms with Crippen molar-refractivity contribution < 1.29 is 4.79 Å². The summed E-state index contributed by atoms with van der Waals surface area (Å²) < 4.78 is 1.34. The van der Waals surface area contributed by atoms with Gasteiger partial charge in [0.1, 0.15) is 5.52 Å². The largest absolute Gasteiger partial charge is 0.364 e. The highest BCUT2D eigenvalue weighted by molar-refractivity contribution is 6.30.